The maximum Gasteiger partial charge on any atom is 0.212 e. The summed E-state index contributed by atoms with van der Waals surface area (Å²) in [4.78, 5) is 0. The lowest BCUT2D eigenvalue weighted by molar-refractivity contribution is -0.661. The third-order valence-electron chi connectivity index (χ3n) is 21.7. The van der Waals surface area contributed by atoms with Crippen LogP contribution in [0, 0.1) is 87.6 Å². The van der Waals surface area contributed by atoms with Gasteiger partial charge in [-0.1, -0.05) is 183 Å². The Morgan fingerprint density at radius 3 is 0.938 bits per heavy atom. The molecule has 0 saturated heterocycles. The van der Waals surface area contributed by atoms with Gasteiger partial charge >= 0.3 is 0 Å². The van der Waals surface area contributed by atoms with Crippen molar-refractivity contribution in [3.05, 3.63) is 319 Å². The molecule has 6 nitrogen and oxygen atoms in total. The van der Waals surface area contributed by atoms with Crippen LogP contribution in [-0.4, -0.2) is 0 Å². The lowest BCUT2D eigenvalue weighted by Gasteiger charge is -2.14. The molecule has 0 N–H and O–H groups in total. The molecule has 6 aromatic carbocycles. The maximum absolute atomic E-state index is 8.87. The van der Waals surface area contributed by atoms with Crippen molar-refractivity contribution in [1.82, 2.24) is 0 Å². The van der Waals surface area contributed by atoms with Gasteiger partial charge in [0.25, 0.3) is 0 Å². The molecule has 6 aromatic heterocycles. The van der Waals surface area contributed by atoms with E-state index in [2.05, 4.69) is 114 Å². The van der Waals surface area contributed by atoms with Crippen molar-refractivity contribution in [2.24, 2.45) is 54.1 Å². The molecule has 0 aliphatic heterocycles. The maximum atomic E-state index is 8.87. The van der Waals surface area contributed by atoms with E-state index in [1.807, 2.05) is 177 Å². The summed E-state index contributed by atoms with van der Waals surface area (Å²) < 4.78 is 186. The minimum absolute atomic E-state index is 0.0554. The van der Waals surface area contributed by atoms with Gasteiger partial charge in [-0.05, 0) is 260 Å². The molecule has 0 spiro atoms. The summed E-state index contributed by atoms with van der Waals surface area (Å²) in [6.07, 6.45) is 15.3. The van der Waals surface area contributed by atoms with E-state index in [0.717, 1.165) is 152 Å². The SMILES string of the molecule is [2H]C([2H])(C)c1cc(-c2ccccc2C)[n+](C)cc1CC.[2H]C([2H])([2H])c1c[n+](C)c(-c2ccccc2C)cc1C([2H])([2H])C.[2H]C([2H])([2H])c1c[n+](C)c(-c2ccccc2C)cc1C([2H])([2H])C(C)C.[2H]C([2H])([2H])c1c[n+](C)c(-c2ccccc2C)cc1C1([2H])CCCC1.[2H]C([2H])([2H])c1c[n+](C)c(-c2ccccc2C)cc1C1CCCC1.[2H]C([2H])([2H])c1c[n+](C)c(-c2ccccc2C)cc1CC(C)C. The number of hydrogen-bond acceptors (Lipinski definition) is 0. The molecule has 2 saturated carbocycles. The molecule has 14 rings (SSSR count). The van der Waals surface area contributed by atoms with Crippen LogP contribution in [0.3, 0.4) is 0 Å². The first-order valence-corrected chi connectivity index (χ1v) is 40.2. The van der Waals surface area contributed by atoms with Crippen LogP contribution in [0.1, 0.15) is 242 Å². The summed E-state index contributed by atoms with van der Waals surface area (Å²) in [7, 11) is 11.3. The second-order valence-electron chi connectivity index (χ2n) is 31.3. The Morgan fingerprint density at radius 1 is 0.319 bits per heavy atom. The normalized spacial score (nSPS) is 16.7. The highest BCUT2D eigenvalue weighted by molar-refractivity contribution is 5.66. The molecule has 2 fully saturated rings. The molecule has 0 amide bonds. The smallest absolute Gasteiger partial charge is 0.201 e. The topological polar surface area (TPSA) is 23.3 Å². The van der Waals surface area contributed by atoms with Crippen molar-refractivity contribution < 1.29 is 57.6 Å². The summed E-state index contributed by atoms with van der Waals surface area (Å²) in [5.74, 6) is -0.320. The van der Waals surface area contributed by atoms with E-state index in [-0.39, 0.29) is 28.2 Å². The van der Waals surface area contributed by atoms with Crippen molar-refractivity contribution in [2.75, 3.05) is 0 Å². The Kier molecular flexibility index (Phi) is 22.2. The van der Waals surface area contributed by atoms with Crippen molar-refractivity contribution in [2.45, 2.75) is 219 Å². The average molecular weight is 1530 g/mol. The Bertz CT molecular complexity index is 6020. The largest absolute Gasteiger partial charge is 0.212 e. The van der Waals surface area contributed by atoms with E-state index in [1.165, 1.54) is 48.2 Å². The molecule has 12 aromatic rings. The molecule has 113 heavy (non-hydrogen) atoms. The first-order chi connectivity index (χ1) is 62.6. The lowest BCUT2D eigenvalue weighted by atomic mass is 9.92. The Hall–Kier alpha value is -9.78. The van der Waals surface area contributed by atoms with Crippen LogP contribution in [0.4, 0.5) is 0 Å². The minimum Gasteiger partial charge on any atom is -0.201 e. The molecule has 6 heterocycles. The fourth-order valence-corrected chi connectivity index (χ4v) is 15.5. The van der Waals surface area contributed by atoms with E-state index in [1.54, 1.807) is 74.7 Å². The number of benzene rings is 6. The molecule has 0 atom stereocenters. The average Bonchev–Trinajstić information content (AvgIpc) is 1.55. The second kappa shape index (κ2) is 41.3. The van der Waals surface area contributed by atoms with Gasteiger partial charge in [-0.3, -0.25) is 0 Å². The van der Waals surface area contributed by atoms with Crippen LogP contribution in [-0.2, 0) is 74.2 Å². The third-order valence-corrected chi connectivity index (χ3v) is 21.7. The molecular weight excluding hydrogens is 1370 g/mol. The summed E-state index contributed by atoms with van der Waals surface area (Å²) >= 11 is 0. The number of aryl methyl sites for hydroxylation is 20. The fourth-order valence-electron chi connectivity index (χ4n) is 15.5. The summed E-state index contributed by atoms with van der Waals surface area (Å²) in [6, 6.07) is 59.9. The number of nitrogens with zero attached hydrogens (tertiary/aromatic N) is 6. The predicted octanol–water partition coefficient (Wildman–Crippen LogP) is 23.9. The van der Waals surface area contributed by atoms with E-state index in [0.29, 0.717) is 34.1 Å². The van der Waals surface area contributed by atoms with E-state index < -0.39 is 59.3 Å². The van der Waals surface area contributed by atoms with Gasteiger partial charge in [0.2, 0.25) is 34.2 Å². The van der Waals surface area contributed by atoms with E-state index in [9.17, 15) is 0 Å². The summed E-state index contributed by atoms with van der Waals surface area (Å²) in [5.41, 5.74) is 25.5. The van der Waals surface area contributed by atoms with Crippen molar-refractivity contribution >= 4 is 0 Å². The molecule has 2 aliphatic rings. The number of aromatic nitrogens is 6. The van der Waals surface area contributed by atoms with Crippen molar-refractivity contribution in [3.63, 3.8) is 0 Å². The number of pyridine rings is 6. The van der Waals surface area contributed by atoms with Crippen LogP contribution in [0.15, 0.2) is 219 Å². The monoisotopic (exact) mass is 1530 g/mol. The molecule has 0 bridgehead atoms. The number of hydrogen-bond donors (Lipinski definition) is 0. The van der Waals surface area contributed by atoms with E-state index >= 15 is 0 Å². The first kappa shape index (κ1) is 60.8. The predicted molar refractivity (Wildman–Crippen MR) is 478 cm³/mol. The highest BCUT2D eigenvalue weighted by atomic mass is 14.9. The van der Waals surface area contributed by atoms with Gasteiger partial charge in [0, 0.05) is 133 Å². The highest BCUT2D eigenvalue weighted by Gasteiger charge is 2.27. The first-order valence-electron chi connectivity index (χ1n) is 51.2. The second-order valence-corrected chi connectivity index (χ2v) is 31.3. The molecule has 2 aliphatic carbocycles. The Morgan fingerprint density at radius 2 is 0.602 bits per heavy atom. The van der Waals surface area contributed by atoms with Gasteiger partial charge < -0.3 is 0 Å². The van der Waals surface area contributed by atoms with Crippen LogP contribution in [0.25, 0.3) is 67.5 Å². The minimum atomic E-state index is -2.36. The lowest BCUT2D eigenvalue weighted by Crippen LogP contribution is -2.32. The fraction of sp³-hybridized carbons (Fsp3) is 0.383. The zero-order chi connectivity index (χ0) is 101. The Labute approximate surface area is 715 Å². The van der Waals surface area contributed by atoms with Crippen LogP contribution in [0.2, 0.25) is 0 Å². The zero-order valence-corrected chi connectivity index (χ0v) is 70.8. The molecular formula is C107H138N6+6. The van der Waals surface area contributed by atoms with E-state index in [4.69, 9.17) is 30.2 Å². The van der Waals surface area contributed by atoms with Crippen LogP contribution >= 0.6 is 0 Å². The molecule has 0 radical (unpaired) electrons. The van der Waals surface area contributed by atoms with Gasteiger partial charge in [0.1, 0.15) is 42.3 Å². The third kappa shape index (κ3) is 22.8. The van der Waals surface area contributed by atoms with Gasteiger partial charge in [-0.2, -0.15) is 0 Å². The van der Waals surface area contributed by atoms with Gasteiger partial charge in [0.15, 0.2) is 37.2 Å². The van der Waals surface area contributed by atoms with Gasteiger partial charge in [-0.25, -0.2) is 27.4 Å². The Balaban J connectivity index is 0.000000182. The van der Waals surface area contributed by atoms with Crippen LogP contribution in [0.5, 0.6) is 0 Å². The van der Waals surface area contributed by atoms with Crippen molar-refractivity contribution in [3.8, 4) is 67.5 Å². The van der Waals surface area contributed by atoms with Gasteiger partial charge in [-0.15, -0.1) is 0 Å². The molecule has 590 valence electrons. The van der Waals surface area contributed by atoms with Crippen molar-refractivity contribution in [1.29, 1.82) is 0 Å². The number of rotatable bonds is 15. The summed E-state index contributed by atoms with van der Waals surface area (Å²) in [6.45, 7) is 14.1. The van der Waals surface area contributed by atoms with Crippen LogP contribution < -0.4 is 27.4 Å². The standard InChI is InChI=1S/2C19H24N.2C18H24N.C17H22N.C16H20N/c2*1-14-8-4-7-11-17(14)19-12-18(15(2)13-20(19)3)16-9-5-6-10-16;2*1-13(2)10-16-11-18(19(5)12-15(16)4)17-9-7-6-8-14(17)3;1-5-14-11-17(18(4)12-15(14)6-2)16-10-8-7-9-13(16)3;1-5-14-10-16(17(4)11-13(14)3)15-9-7-6-8-12(15)2/h2*4,7-8,11-13,16H,5-6,9-10H2,1-3H3;2*6-9,11-13H,10H2,1-5H3;7-12H,5-6H2,1-4H3;6-11H,5H2,1-4H3/q6*+1/i2D3,16D;2D3;4D3,10D2;4D3;5D2;3D3,5D2. The molecule has 6 heteroatoms. The molecule has 0 unspecified atom stereocenters. The summed E-state index contributed by atoms with van der Waals surface area (Å²) in [5, 5.41) is 0. The highest BCUT2D eigenvalue weighted by Crippen LogP contribution is 2.39. The quantitative estimate of drug-likeness (QED) is 0.0914. The zero-order valence-electron chi connectivity index (χ0n) is 92.8. The van der Waals surface area contributed by atoms with Gasteiger partial charge in [0.05, 0.1) is 0 Å².